The molecular formula is C27H30F2N6. The van der Waals surface area contributed by atoms with Gasteiger partial charge in [-0.2, -0.15) is 0 Å². The Morgan fingerprint density at radius 1 is 1.03 bits per heavy atom. The second-order valence-electron chi connectivity index (χ2n) is 10.2. The Bertz CT molecular complexity index is 1290. The molecule has 0 spiro atoms. The van der Waals surface area contributed by atoms with Crippen molar-refractivity contribution in [3.8, 4) is 11.1 Å². The summed E-state index contributed by atoms with van der Waals surface area (Å²) in [5, 5.41) is 7.83. The van der Waals surface area contributed by atoms with Crippen molar-refractivity contribution in [2.75, 3.05) is 5.32 Å². The number of aromatic nitrogens is 4. The van der Waals surface area contributed by atoms with Gasteiger partial charge in [0.25, 0.3) is 0 Å². The number of allylic oxidation sites excluding steroid dienone is 2. The summed E-state index contributed by atoms with van der Waals surface area (Å²) in [7, 11) is 0. The molecule has 1 saturated carbocycles. The lowest BCUT2D eigenvalue weighted by molar-refractivity contribution is -0.0361. The molecule has 0 saturated heterocycles. The zero-order valence-corrected chi connectivity index (χ0v) is 19.9. The Labute approximate surface area is 203 Å². The standard InChI is InChI=1S/C27H30F2N6/c1-17-24(18-6-4-2-3-5-7-18)22-14-19(15-30-25(22)32-17)21-10-13-35-23(21)16-31-26(34-35)33-20-8-11-27(28,29)12-9-20/h2-3,10,13-16,18,20,24H,4-9,11-12H2,1H3,(H,33,34). The van der Waals surface area contributed by atoms with Crippen LogP contribution in [0.2, 0.25) is 0 Å². The number of halogens is 2. The van der Waals surface area contributed by atoms with Crippen LogP contribution in [0.25, 0.3) is 16.6 Å². The van der Waals surface area contributed by atoms with Crippen molar-refractivity contribution in [2.45, 2.75) is 76.2 Å². The number of rotatable bonds is 4. The number of pyridine rings is 1. The van der Waals surface area contributed by atoms with Crippen LogP contribution < -0.4 is 5.32 Å². The summed E-state index contributed by atoms with van der Waals surface area (Å²) in [5.74, 6) is -0.334. The van der Waals surface area contributed by atoms with E-state index in [1.165, 1.54) is 18.4 Å². The largest absolute Gasteiger partial charge is 0.350 e. The third-order valence-corrected chi connectivity index (χ3v) is 7.79. The van der Waals surface area contributed by atoms with E-state index in [2.05, 4.69) is 40.5 Å². The summed E-state index contributed by atoms with van der Waals surface area (Å²) < 4.78 is 28.7. The van der Waals surface area contributed by atoms with Crippen molar-refractivity contribution in [1.82, 2.24) is 19.6 Å². The van der Waals surface area contributed by atoms with Crippen LogP contribution in [0.1, 0.15) is 69.8 Å². The molecule has 1 unspecified atom stereocenters. The highest BCUT2D eigenvalue weighted by Gasteiger charge is 2.35. The maximum Gasteiger partial charge on any atom is 0.248 e. The van der Waals surface area contributed by atoms with E-state index in [9.17, 15) is 8.78 Å². The molecule has 0 radical (unpaired) electrons. The van der Waals surface area contributed by atoms with Crippen molar-refractivity contribution in [3.63, 3.8) is 0 Å². The highest BCUT2D eigenvalue weighted by molar-refractivity contribution is 5.96. The smallest absolute Gasteiger partial charge is 0.248 e. The minimum absolute atomic E-state index is 0.0256. The molecule has 2 aliphatic carbocycles. The molecule has 6 rings (SSSR count). The highest BCUT2D eigenvalue weighted by Crippen LogP contribution is 2.44. The van der Waals surface area contributed by atoms with E-state index in [0.29, 0.717) is 30.6 Å². The fourth-order valence-corrected chi connectivity index (χ4v) is 5.91. The molecule has 1 N–H and O–H groups in total. The molecule has 1 aliphatic heterocycles. The molecule has 182 valence electrons. The molecule has 6 nitrogen and oxygen atoms in total. The van der Waals surface area contributed by atoms with Crippen LogP contribution in [0.5, 0.6) is 0 Å². The predicted molar refractivity (Wildman–Crippen MR) is 134 cm³/mol. The predicted octanol–water partition coefficient (Wildman–Crippen LogP) is 6.72. The maximum atomic E-state index is 13.5. The monoisotopic (exact) mass is 476 g/mol. The number of hydrogen-bond donors (Lipinski definition) is 1. The van der Waals surface area contributed by atoms with Gasteiger partial charge in [-0.25, -0.2) is 28.3 Å². The van der Waals surface area contributed by atoms with Gasteiger partial charge in [0, 0.05) is 59.6 Å². The van der Waals surface area contributed by atoms with Gasteiger partial charge in [-0.1, -0.05) is 12.2 Å². The molecule has 3 aliphatic rings. The summed E-state index contributed by atoms with van der Waals surface area (Å²) in [6.45, 7) is 2.13. The van der Waals surface area contributed by atoms with Gasteiger partial charge in [0.2, 0.25) is 11.9 Å². The Morgan fingerprint density at radius 2 is 1.80 bits per heavy atom. The van der Waals surface area contributed by atoms with E-state index >= 15 is 0 Å². The average Bonchev–Trinajstić information content (AvgIpc) is 3.29. The molecule has 0 amide bonds. The molecule has 3 aromatic heterocycles. The number of anilines is 1. The van der Waals surface area contributed by atoms with Gasteiger partial charge >= 0.3 is 0 Å². The minimum atomic E-state index is -2.54. The Kier molecular flexibility index (Phi) is 5.61. The second-order valence-corrected chi connectivity index (χ2v) is 10.2. The zero-order valence-electron chi connectivity index (χ0n) is 19.9. The van der Waals surface area contributed by atoms with E-state index in [4.69, 9.17) is 9.98 Å². The number of fused-ring (bicyclic) bond motifs is 2. The van der Waals surface area contributed by atoms with Gasteiger partial charge in [0.05, 0.1) is 11.7 Å². The first-order chi connectivity index (χ1) is 17.0. The van der Waals surface area contributed by atoms with Crippen molar-refractivity contribution in [1.29, 1.82) is 0 Å². The number of nitrogens with zero attached hydrogens (tertiary/aromatic N) is 5. The third kappa shape index (κ3) is 4.34. The van der Waals surface area contributed by atoms with E-state index in [1.807, 2.05) is 18.5 Å². The number of aliphatic imine (C=N–C) groups is 1. The lowest BCUT2D eigenvalue weighted by Gasteiger charge is -2.28. The fourth-order valence-electron chi connectivity index (χ4n) is 5.91. The molecule has 3 aromatic rings. The Morgan fingerprint density at radius 3 is 2.57 bits per heavy atom. The summed E-state index contributed by atoms with van der Waals surface area (Å²) >= 11 is 0. The van der Waals surface area contributed by atoms with Gasteiger partial charge < -0.3 is 5.32 Å². The molecule has 0 aromatic carbocycles. The van der Waals surface area contributed by atoms with Crippen LogP contribution in [0, 0.1) is 5.92 Å². The molecule has 35 heavy (non-hydrogen) atoms. The SMILES string of the molecule is CC1=Nc2ncc(-c3ccn4nc(NC5CCC(F)(F)CC5)ncc34)cc2C1C1CCC=CCC1. The first-order valence-electron chi connectivity index (χ1n) is 12.7. The Hall–Kier alpha value is -3.16. The maximum absolute atomic E-state index is 13.5. The first-order valence-corrected chi connectivity index (χ1v) is 12.7. The van der Waals surface area contributed by atoms with Gasteiger partial charge in [-0.05, 0) is 63.5 Å². The highest BCUT2D eigenvalue weighted by atomic mass is 19.3. The van der Waals surface area contributed by atoms with Crippen LogP contribution >= 0.6 is 0 Å². The van der Waals surface area contributed by atoms with Crippen molar-refractivity contribution in [3.05, 3.63) is 48.4 Å². The van der Waals surface area contributed by atoms with E-state index in [1.54, 1.807) is 10.7 Å². The van der Waals surface area contributed by atoms with E-state index in [-0.39, 0.29) is 18.9 Å². The van der Waals surface area contributed by atoms with Gasteiger partial charge in [-0.15, -0.1) is 5.10 Å². The molecular weight excluding hydrogens is 446 g/mol. The summed E-state index contributed by atoms with van der Waals surface area (Å²) in [4.78, 5) is 14.0. The minimum Gasteiger partial charge on any atom is -0.350 e. The van der Waals surface area contributed by atoms with Crippen LogP contribution in [0.4, 0.5) is 20.5 Å². The molecule has 1 atom stereocenters. The van der Waals surface area contributed by atoms with Crippen LogP contribution in [-0.2, 0) is 0 Å². The molecule has 8 heteroatoms. The average molecular weight is 477 g/mol. The summed E-state index contributed by atoms with van der Waals surface area (Å²) in [5.41, 5.74) is 5.33. The van der Waals surface area contributed by atoms with Crippen molar-refractivity contribution >= 4 is 23.0 Å². The number of alkyl halides is 2. The van der Waals surface area contributed by atoms with Crippen LogP contribution in [-0.4, -0.2) is 37.3 Å². The second kappa shape index (κ2) is 8.81. The van der Waals surface area contributed by atoms with Gasteiger partial charge in [-0.3, -0.25) is 0 Å². The van der Waals surface area contributed by atoms with E-state index < -0.39 is 5.92 Å². The zero-order chi connectivity index (χ0) is 24.0. The topological polar surface area (TPSA) is 67.5 Å². The van der Waals surface area contributed by atoms with Crippen molar-refractivity contribution < 1.29 is 8.78 Å². The lowest BCUT2D eigenvalue weighted by Crippen LogP contribution is -2.32. The summed E-state index contributed by atoms with van der Waals surface area (Å²) in [6, 6.07) is 4.25. The van der Waals surface area contributed by atoms with Crippen LogP contribution in [0.15, 0.2) is 47.9 Å². The fraction of sp³-hybridized carbons (Fsp3) is 0.481. The first kappa shape index (κ1) is 22.3. The van der Waals surface area contributed by atoms with E-state index in [0.717, 1.165) is 41.0 Å². The van der Waals surface area contributed by atoms with Crippen molar-refractivity contribution in [2.24, 2.45) is 10.9 Å². The third-order valence-electron chi connectivity index (χ3n) is 7.79. The molecule has 1 fully saturated rings. The number of nitrogens with one attached hydrogen (secondary N) is 1. The van der Waals surface area contributed by atoms with Crippen LogP contribution in [0.3, 0.4) is 0 Å². The number of hydrogen-bond acceptors (Lipinski definition) is 5. The molecule has 4 heterocycles. The quantitative estimate of drug-likeness (QED) is 0.425. The van der Waals surface area contributed by atoms with Gasteiger partial charge in [0.1, 0.15) is 0 Å². The Balaban J connectivity index is 1.25. The molecule has 0 bridgehead atoms. The normalized spacial score (nSPS) is 22.7. The van der Waals surface area contributed by atoms with Gasteiger partial charge in [0.15, 0.2) is 5.82 Å². The lowest BCUT2D eigenvalue weighted by atomic mass is 9.79. The summed E-state index contributed by atoms with van der Waals surface area (Å²) in [6.07, 6.45) is 15.5.